The molecule has 0 fully saturated rings. The fourth-order valence-corrected chi connectivity index (χ4v) is 2.08. The zero-order chi connectivity index (χ0) is 19.1. The molecule has 0 unspecified atom stereocenters. The van der Waals surface area contributed by atoms with E-state index in [4.69, 9.17) is 12.2 Å². The molecule has 9 nitrogen and oxygen atoms in total. The Morgan fingerprint density at radius 1 is 0.923 bits per heavy atom. The molecule has 2 aromatic carbocycles. The van der Waals surface area contributed by atoms with Gasteiger partial charge in [0.1, 0.15) is 0 Å². The van der Waals surface area contributed by atoms with Crippen molar-refractivity contribution in [3.63, 3.8) is 0 Å². The Morgan fingerprint density at radius 2 is 1.42 bits per heavy atom. The number of nitrogens with one attached hydrogen (secondary N) is 2. The molecule has 10 heteroatoms. The molecule has 0 radical (unpaired) electrons. The van der Waals surface area contributed by atoms with Gasteiger partial charge in [-0.2, -0.15) is 0 Å². The lowest BCUT2D eigenvalue weighted by molar-refractivity contribution is -0.385. The van der Waals surface area contributed by atoms with E-state index in [9.17, 15) is 25.0 Å². The van der Waals surface area contributed by atoms with Crippen molar-refractivity contribution >= 4 is 46.4 Å². The Bertz CT molecular complexity index is 879. The minimum absolute atomic E-state index is 0.0252. The van der Waals surface area contributed by atoms with Gasteiger partial charge in [-0.15, -0.1) is 0 Å². The number of amides is 1. The van der Waals surface area contributed by atoms with E-state index in [1.165, 1.54) is 60.7 Å². The Balaban J connectivity index is 1.89. The van der Waals surface area contributed by atoms with Crippen molar-refractivity contribution in [2.45, 2.75) is 0 Å². The minimum atomic E-state index is -0.521. The first-order valence-electron chi connectivity index (χ1n) is 7.14. The second-order valence-corrected chi connectivity index (χ2v) is 5.34. The van der Waals surface area contributed by atoms with Gasteiger partial charge >= 0.3 is 0 Å². The number of rotatable bonds is 5. The molecular formula is C16H12N4O5S. The van der Waals surface area contributed by atoms with Crippen molar-refractivity contribution in [1.82, 2.24) is 5.32 Å². The summed E-state index contributed by atoms with van der Waals surface area (Å²) in [4.78, 5) is 31.9. The summed E-state index contributed by atoms with van der Waals surface area (Å²) in [5.74, 6) is -0.497. The van der Waals surface area contributed by atoms with Gasteiger partial charge in [0.2, 0.25) is 5.91 Å². The lowest BCUT2D eigenvalue weighted by Gasteiger charge is -2.07. The third-order valence-corrected chi connectivity index (χ3v) is 3.31. The van der Waals surface area contributed by atoms with Crippen LogP contribution in [0.4, 0.5) is 17.1 Å². The number of carbonyl (C=O) groups is 1. The molecule has 0 aliphatic rings. The molecule has 0 aromatic heterocycles. The summed E-state index contributed by atoms with van der Waals surface area (Å²) in [6.45, 7) is 0. The highest BCUT2D eigenvalue weighted by atomic mass is 32.1. The van der Waals surface area contributed by atoms with Gasteiger partial charge < -0.3 is 5.32 Å². The molecule has 0 spiro atoms. The molecule has 2 N–H and O–H groups in total. The standard InChI is InChI=1S/C16H12N4O5S/c21-15(10-3-11-1-6-13(7-2-11)19(22)23)18-16(26)17-12-4-8-14(9-5-12)20(24)25/h1-10H,(H2,17,18,21,26)/b10-3+. The molecule has 0 aliphatic heterocycles. The second kappa shape index (κ2) is 8.44. The fourth-order valence-electron chi connectivity index (χ4n) is 1.86. The maximum atomic E-state index is 11.8. The average Bonchev–Trinajstić information content (AvgIpc) is 2.60. The van der Waals surface area contributed by atoms with Crippen LogP contribution < -0.4 is 10.6 Å². The first kappa shape index (κ1) is 18.7. The Hall–Kier alpha value is -3.66. The highest BCUT2D eigenvalue weighted by molar-refractivity contribution is 7.80. The van der Waals surface area contributed by atoms with Crippen LogP contribution >= 0.6 is 12.2 Å². The lowest BCUT2D eigenvalue weighted by atomic mass is 10.2. The topological polar surface area (TPSA) is 127 Å². The van der Waals surface area contributed by atoms with Gasteiger partial charge in [0.05, 0.1) is 9.85 Å². The Kier molecular flexibility index (Phi) is 6.06. The van der Waals surface area contributed by atoms with Crippen LogP contribution in [-0.4, -0.2) is 20.9 Å². The van der Waals surface area contributed by atoms with Crippen LogP contribution in [0.2, 0.25) is 0 Å². The van der Waals surface area contributed by atoms with Gasteiger partial charge in [-0.3, -0.25) is 30.3 Å². The average molecular weight is 372 g/mol. The van der Waals surface area contributed by atoms with Gasteiger partial charge in [0, 0.05) is 36.0 Å². The molecule has 0 saturated heterocycles. The van der Waals surface area contributed by atoms with Crippen molar-refractivity contribution in [3.05, 3.63) is 80.4 Å². The van der Waals surface area contributed by atoms with Crippen molar-refractivity contribution in [2.75, 3.05) is 5.32 Å². The number of nitrogens with zero attached hydrogens (tertiary/aromatic N) is 2. The molecular weight excluding hydrogens is 360 g/mol. The summed E-state index contributed by atoms with van der Waals surface area (Å²) in [6, 6.07) is 11.2. The monoisotopic (exact) mass is 372 g/mol. The number of anilines is 1. The lowest BCUT2D eigenvalue weighted by Crippen LogP contribution is -2.32. The number of thiocarbonyl (C=S) groups is 1. The molecule has 0 bridgehead atoms. The highest BCUT2D eigenvalue weighted by Crippen LogP contribution is 2.15. The van der Waals surface area contributed by atoms with Crippen LogP contribution in [0.5, 0.6) is 0 Å². The molecule has 26 heavy (non-hydrogen) atoms. The largest absolute Gasteiger partial charge is 0.332 e. The van der Waals surface area contributed by atoms with Crippen molar-refractivity contribution in [1.29, 1.82) is 0 Å². The third-order valence-electron chi connectivity index (χ3n) is 3.10. The van der Waals surface area contributed by atoms with Crippen molar-refractivity contribution in [2.24, 2.45) is 0 Å². The predicted octanol–water partition coefficient (Wildman–Crippen LogP) is 3.03. The molecule has 0 aliphatic carbocycles. The number of non-ortho nitro benzene ring substituents is 2. The number of carbonyl (C=O) groups excluding carboxylic acids is 1. The van der Waals surface area contributed by atoms with Gasteiger partial charge in [0.15, 0.2) is 5.11 Å². The normalized spacial score (nSPS) is 10.3. The number of nitro benzene ring substituents is 2. The third kappa shape index (κ3) is 5.46. The van der Waals surface area contributed by atoms with Crippen molar-refractivity contribution < 1.29 is 14.6 Å². The quantitative estimate of drug-likeness (QED) is 0.357. The van der Waals surface area contributed by atoms with E-state index >= 15 is 0 Å². The zero-order valence-corrected chi connectivity index (χ0v) is 13.9. The second-order valence-electron chi connectivity index (χ2n) is 4.93. The minimum Gasteiger partial charge on any atom is -0.332 e. The van der Waals surface area contributed by atoms with Crippen LogP contribution in [0.15, 0.2) is 54.6 Å². The first-order valence-corrected chi connectivity index (χ1v) is 7.55. The predicted molar refractivity (Wildman–Crippen MR) is 99.6 cm³/mol. The van der Waals surface area contributed by atoms with E-state index in [0.29, 0.717) is 11.3 Å². The smallest absolute Gasteiger partial charge is 0.269 e. The van der Waals surface area contributed by atoms with E-state index < -0.39 is 15.8 Å². The summed E-state index contributed by atoms with van der Waals surface area (Å²) in [5.41, 5.74) is 0.997. The van der Waals surface area contributed by atoms with Gasteiger partial charge in [-0.1, -0.05) is 0 Å². The van der Waals surface area contributed by atoms with E-state index in [-0.39, 0.29) is 16.5 Å². The molecule has 1 amide bonds. The number of hydrogen-bond acceptors (Lipinski definition) is 6. The van der Waals surface area contributed by atoms with Crippen LogP contribution in [0.1, 0.15) is 5.56 Å². The number of benzene rings is 2. The van der Waals surface area contributed by atoms with E-state index in [1.54, 1.807) is 0 Å². The SMILES string of the molecule is O=C(/C=C/c1ccc([N+](=O)[O-])cc1)NC(=S)Nc1ccc([N+](=O)[O-])cc1. The van der Waals surface area contributed by atoms with E-state index in [1.807, 2.05) is 0 Å². The first-order chi connectivity index (χ1) is 12.3. The number of nitro groups is 2. The summed E-state index contributed by atoms with van der Waals surface area (Å²) < 4.78 is 0. The maximum absolute atomic E-state index is 11.8. The van der Waals surface area contributed by atoms with E-state index in [2.05, 4.69) is 10.6 Å². The Labute approximate surface area is 152 Å². The van der Waals surface area contributed by atoms with Crippen LogP contribution in [0, 0.1) is 20.2 Å². The summed E-state index contributed by atoms with van der Waals surface area (Å²) in [6.07, 6.45) is 2.71. The number of hydrogen-bond donors (Lipinski definition) is 2. The molecule has 2 rings (SSSR count). The molecule has 0 heterocycles. The van der Waals surface area contributed by atoms with Gasteiger partial charge in [-0.25, -0.2) is 0 Å². The van der Waals surface area contributed by atoms with E-state index in [0.717, 1.165) is 0 Å². The molecule has 0 atom stereocenters. The summed E-state index contributed by atoms with van der Waals surface area (Å²) in [7, 11) is 0. The van der Waals surface area contributed by atoms with Crippen molar-refractivity contribution in [3.8, 4) is 0 Å². The summed E-state index contributed by atoms with van der Waals surface area (Å²) in [5, 5.41) is 26.3. The molecule has 2 aromatic rings. The summed E-state index contributed by atoms with van der Waals surface area (Å²) >= 11 is 4.99. The maximum Gasteiger partial charge on any atom is 0.269 e. The zero-order valence-electron chi connectivity index (χ0n) is 13.1. The molecule has 0 saturated carbocycles. The van der Waals surface area contributed by atoms with Gasteiger partial charge in [0.25, 0.3) is 11.4 Å². The highest BCUT2D eigenvalue weighted by Gasteiger charge is 2.06. The van der Waals surface area contributed by atoms with Crippen LogP contribution in [0.25, 0.3) is 6.08 Å². The Morgan fingerprint density at radius 3 is 1.92 bits per heavy atom. The van der Waals surface area contributed by atoms with Gasteiger partial charge in [-0.05, 0) is 48.1 Å². The molecule has 132 valence electrons. The van der Waals surface area contributed by atoms with Crippen LogP contribution in [-0.2, 0) is 4.79 Å². The van der Waals surface area contributed by atoms with Crippen LogP contribution in [0.3, 0.4) is 0 Å². The fraction of sp³-hybridized carbons (Fsp3) is 0.